The van der Waals surface area contributed by atoms with Gasteiger partial charge in [-0.15, -0.1) is 11.8 Å². The molecule has 0 heterocycles. The van der Waals surface area contributed by atoms with Crippen molar-refractivity contribution < 1.29 is 23.2 Å². The monoisotopic (exact) mass is 528 g/mol. The maximum atomic E-state index is 13.3. The van der Waals surface area contributed by atoms with E-state index in [-0.39, 0.29) is 17.2 Å². The van der Waals surface area contributed by atoms with Crippen molar-refractivity contribution in [3.8, 4) is 0 Å². The number of ketones is 1. The van der Waals surface area contributed by atoms with Gasteiger partial charge in [0.1, 0.15) is 17.3 Å². The van der Waals surface area contributed by atoms with Crippen LogP contribution in [0.25, 0.3) is 6.08 Å². The molecular formula is C30H22F2N2O3S. The van der Waals surface area contributed by atoms with Crippen molar-refractivity contribution in [2.24, 2.45) is 0 Å². The average molecular weight is 529 g/mol. The topological polar surface area (TPSA) is 75.3 Å². The lowest BCUT2D eigenvalue weighted by atomic mass is 10.1. The molecule has 0 bridgehead atoms. The zero-order valence-corrected chi connectivity index (χ0v) is 20.8. The first-order chi connectivity index (χ1) is 18.4. The third-order valence-corrected chi connectivity index (χ3v) is 6.37. The molecule has 2 amide bonds. The molecule has 0 aliphatic carbocycles. The third-order valence-electron chi connectivity index (χ3n) is 5.36. The molecule has 0 aliphatic heterocycles. The molecule has 38 heavy (non-hydrogen) atoms. The number of Topliss-reactive ketones (excluding diaryl/α,β-unsaturated/α-hetero) is 1. The van der Waals surface area contributed by atoms with E-state index in [1.807, 2.05) is 0 Å². The summed E-state index contributed by atoms with van der Waals surface area (Å²) < 4.78 is 26.4. The van der Waals surface area contributed by atoms with E-state index in [1.54, 1.807) is 54.6 Å². The standard InChI is InChI=1S/C30H22F2N2O3S/c31-23-10-6-20(7-11-23)18-27(34-29(36)22-4-2-1-3-5-22)30(37)33-25-14-16-26(17-15-25)38-19-28(35)21-8-12-24(32)13-9-21/h1-18H,19H2,(H,33,37)(H,34,36)/b27-18-. The summed E-state index contributed by atoms with van der Waals surface area (Å²) in [4.78, 5) is 38.9. The third kappa shape index (κ3) is 7.47. The fraction of sp³-hybridized carbons (Fsp3) is 0.0333. The number of anilines is 1. The second-order valence-corrected chi connectivity index (χ2v) is 9.18. The van der Waals surface area contributed by atoms with Crippen LogP contribution in [0, 0.1) is 11.6 Å². The Labute approximate surface area is 222 Å². The fourth-order valence-corrected chi connectivity index (χ4v) is 4.16. The molecule has 190 valence electrons. The highest BCUT2D eigenvalue weighted by Crippen LogP contribution is 2.22. The lowest BCUT2D eigenvalue weighted by Gasteiger charge is -2.12. The summed E-state index contributed by atoms with van der Waals surface area (Å²) in [7, 11) is 0. The Balaban J connectivity index is 1.43. The predicted octanol–water partition coefficient (Wildman–Crippen LogP) is 6.35. The van der Waals surface area contributed by atoms with Gasteiger partial charge in [-0.1, -0.05) is 30.3 Å². The molecule has 0 saturated carbocycles. The van der Waals surface area contributed by atoms with Gasteiger partial charge in [-0.2, -0.15) is 0 Å². The summed E-state index contributed by atoms with van der Waals surface area (Å²) in [5.41, 5.74) is 1.79. The van der Waals surface area contributed by atoms with Gasteiger partial charge in [0.25, 0.3) is 11.8 Å². The highest BCUT2D eigenvalue weighted by molar-refractivity contribution is 8.00. The highest BCUT2D eigenvalue weighted by Gasteiger charge is 2.15. The van der Waals surface area contributed by atoms with Crippen LogP contribution in [0.2, 0.25) is 0 Å². The van der Waals surface area contributed by atoms with E-state index in [4.69, 9.17) is 0 Å². The van der Waals surface area contributed by atoms with Crippen molar-refractivity contribution in [1.29, 1.82) is 0 Å². The normalized spacial score (nSPS) is 11.1. The highest BCUT2D eigenvalue weighted by atomic mass is 32.2. The van der Waals surface area contributed by atoms with Crippen molar-refractivity contribution in [1.82, 2.24) is 5.32 Å². The summed E-state index contributed by atoms with van der Waals surface area (Å²) >= 11 is 1.32. The molecule has 4 aromatic carbocycles. The van der Waals surface area contributed by atoms with E-state index in [0.29, 0.717) is 22.4 Å². The van der Waals surface area contributed by atoms with Crippen LogP contribution in [-0.2, 0) is 4.79 Å². The molecule has 0 fully saturated rings. The lowest BCUT2D eigenvalue weighted by Crippen LogP contribution is -2.30. The van der Waals surface area contributed by atoms with Crippen LogP contribution < -0.4 is 10.6 Å². The van der Waals surface area contributed by atoms with E-state index in [0.717, 1.165) is 4.90 Å². The molecule has 0 spiro atoms. The molecule has 0 radical (unpaired) electrons. The molecule has 0 aliphatic rings. The van der Waals surface area contributed by atoms with Gasteiger partial charge in [0, 0.05) is 21.7 Å². The van der Waals surface area contributed by atoms with E-state index in [1.165, 1.54) is 66.4 Å². The van der Waals surface area contributed by atoms with Crippen LogP contribution in [0.15, 0.2) is 114 Å². The number of rotatable bonds is 9. The van der Waals surface area contributed by atoms with Crippen LogP contribution in [0.1, 0.15) is 26.3 Å². The Morgan fingerprint density at radius 2 is 1.32 bits per heavy atom. The Bertz CT molecular complexity index is 1450. The number of hydrogen-bond acceptors (Lipinski definition) is 4. The second-order valence-electron chi connectivity index (χ2n) is 8.13. The number of benzene rings is 4. The van der Waals surface area contributed by atoms with Gasteiger partial charge in [-0.25, -0.2) is 8.78 Å². The molecule has 0 saturated heterocycles. The zero-order valence-electron chi connectivity index (χ0n) is 20.0. The van der Waals surface area contributed by atoms with Crippen LogP contribution >= 0.6 is 11.8 Å². The van der Waals surface area contributed by atoms with Crippen LogP contribution in [0.5, 0.6) is 0 Å². The van der Waals surface area contributed by atoms with E-state index in [2.05, 4.69) is 10.6 Å². The van der Waals surface area contributed by atoms with Crippen molar-refractivity contribution in [2.45, 2.75) is 4.90 Å². The minimum Gasteiger partial charge on any atom is -0.321 e. The van der Waals surface area contributed by atoms with Gasteiger partial charge >= 0.3 is 0 Å². The maximum absolute atomic E-state index is 13.3. The summed E-state index contributed by atoms with van der Waals surface area (Å²) in [6.07, 6.45) is 1.46. The molecule has 5 nitrogen and oxygen atoms in total. The molecule has 4 aromatic rings. The summed E-state index contributed by atoms with van der Waals surface area (Å²) in [5.74, 6) is -1.80. The van der Waals surface area contributed by atoms with Gasteiger partial charge in [0.05, 0.1) is 5.75 Å². The maximum Gasteiger partial charge on any atom is 0.272 e. The van der Waals surface area contributed by atoms with Crippen LogP contribution in [-0.4, -0.2) is 23.4 Å². The number of hydrogen-bond donors (Lipinski definition) is 2. The molecule has 2 N–H and O–H groups in total. The first kappa shape index (κ1) is 26.5. The zero-order chi connectivity index (χ0) is 26.9. The van der Waals surface area contributed by atoms with Crippen LogP contribution in [0.3, 0.4) is 0 Å². The molecule has 0 aromatic heterocycles. The second kappa shape index (κ2) is 12.6. The summed E-state index contributed by atoms with van der Waals surface area (Å²) in [6, 6.07) is 26.2. The van der Waals surface area contributed by atoms with Crippen LogP contribution in [0.4, 0.5) is 14.5 Å². The van der Waals surface area contributed by atoms with Gasteiger partial charge in [-0.05, 0) is 84.4 Å². The number of halogens is 2. The first-order valence-electron chi connectivity index (χ1n) is 11.5. The van der Waals surface area contributed by atoms with E-state index >= 15 is 0 Å². The predicted molar refractivity (Wildman–Crippen MR) is 145 cm³/mol. The number of carbonyl (C=O) groups is 3. The Hall–Kier alpha value is -4.56. The molecular weight excluding hydrogens is 506 g/mol. The minimum absolute atomic E-state index is 0.0196. The first-order valence-corrected chi connectivity index (χ1v) is 12.5. The largest absolute Gasteiger partial charge is 0.321 e. The quantitative estimate of drug-likeness (QED) is 0.151. The lowest BCUT2D eigenvalue weighted by molar-refractivity contribution is -0.113. The summed E-state index contributed by atoms with van der Waals surface area (Å²) in [5, 5.41) is 5.38. The number of amides is 2. The average Bonchev–Trinajstić information content (AvgIpc) is 2.94. The molecule has 4 rings (SSSR count). The van der Waals surface area contributed by atoms with Crippen molar-refractivity contribution in [2.75, 3.05) is 11.1 Å². The van der Waals surface area contributed by atoms with Gasteiger partial charge in [-0.3, -0.25) is 14.4 Å². The molecule has 8 heteroatoms. The van der Waals surface area contributed by atoms with Crippen molar-refractivity contribution >= 4 is 41.1 Å². The number of thioether (sulfide) groups is 1. The van der Waals surface area contributed by atoms with Gasteiger partial charge in [0.2, 0.25) is 0 Å². The van der Waals surface area contributed by atoms with E-state index < -0.39 is 23.4 Å². The van der Waals surface area contributed by atoms with E-state index in [9.17, 15) is 23.2 Å². The minimum atomic E-state index is -0.564. The number of nitrogens with one attached hydrogen (secondary N) is 2. The molecule has 0 atom stereocenters. The van der Waals surface area contributed by atoms with Crippen molar-refractivity contribution in [3.63, 3.8) is 0 Å². The number of carbonyl (C=O) groups excluding carboxylic acids is 3. The SMILES string of the molecule is O=C(Nc1ccc(SCC(=O)c2ccc(F)cc2)cc1)/C(=C/c1ccc(F)cc1)NC(=O)c1ccccc1. The van der Waals surface area contributed by atoms with Crippen molar-refractivity contribution in [3.05, 3.63) is 137 Å². The Kier molecular flexibility index (Phi) is 8.79. The Morgan fingerprint density at radius 1 is 0.711 bits per heavy atom. The summed E-state index contributed by atoms with van der Waals surface area (Å²) in [6.45, 7) is 0. The smallest absolute Gasteiger partial charge is 0.272 e. The molecule has 0 unspecified atom stereocenters. The van der Waals surface area contributed by atoms with Gasteiger partial charge in [0.15, 0.2) is 5.78 Å². The van der Waals surface area contributed by atoms with Gasteiger partial charge < -0.3 is 10.6 Å². The Morgan fingerprint density at radius 3 is 1.95 bits per heavy atom. The fourth-order valence-electron chi connectivity index (χ4n) is 3.37.